The van der Waals surface area contributed by atoms with Crippen LogP contribution in [0, 0.1) is 0 Å². The molecule has 0 aromatic carbocycles. The summed E-state index contributed by atoms with van der Waals surface area (Å²) >= 11 is 0. The van der Waals surface area contributed by atoms with Crippen LogP contribution in [0.1, 0.15) is 47.5 Å². The van der Waals surface area contributed by atoms with Gasteiger partial charge in [0.05, 0.1) is 0 Å². The highest BCUT2D eigenvalue weighted by Crippen LogP contribution is 2.08. The minimum absolute atomic E-state index is 0.221. The van der Waals surface area contributed by atoms with Crippen LogP contribution >= 0.6 is 0 Å². The van der Waals surface area contributed by atoms with Crippen molar-refractivity contribution in [3.8, 4) is 0 Å². The maximum atomic E-state index is 11.4. The summed E-state index contributed by atoms with van der Waals surface area (Å²) in [4.78, 5) is 11.4. The van der Waals surface area contributed by atoms with Gasteiger partial charge in [0.1, 0.15) is 5.60 Å². The van der Waals surface area contributed by atoms with Crippen molar-refractivity contribution in [3.05, 3.63) is 0 Å². The molecule has 1 aliphatic heterocycles. The van der Waals surface area contributed by atoms with Crippen LogP contribution in [0.25, 0.3) is 0 Å². The van der Waals surface area contributed by atoms with E-state index in [4.69, 9.17) is 4.74 Å². The first kappa shape index (κ1) is 15.2. The molecule has 1 heterocycles. The number of ether oxygens (including phenoxy) is 1. The summed E-state index contributed by atoms with van der Waals surface area (Å²) in [6.45, 7) is 11.5. The third-order valence-corrected chi connectivity index (χ3v) is 2.02. The van der Waals surface area contributed by atoms with Gasteiger partial charge in [-0.1, -0.05) is 13.8 Å². The Bertz CT molecular complexity index is 194. The zero-order valence-corrected chi connectivity index (χ0v) is 11.2. The van der Waals surface area contributed by atoms with E-state index in [0.29, 0.717) is 0 Å². The molecular formula is C12H26N2O2. The van der Waals surface area contributed by atoms with Crippen LogP contribution in [-0.4, -0.2) is 30.8 Å². The second kappa shape index (κ2) is 7.49. The van der Waals surface area contributed by atoms with Crippen LogP contribution in [0.4, 0.5) is 4.79 Å². The zero-order chi connectivity index (χ0) is 12.6. The van der Waals surface area contributed by atoms with E-state index in [0.717, 1.165) is 25.9 Å². The highest BCUT2D eigenvalue weighted by molar-refractivity contribution is 5.68. The SMILES string of the molecule is CC.CC(C)(C)OC(=O)NC1CCCNC1. The normalized spacial score (nSPS) is 20.4. The summed E-state index contributed by atoms with van der Waals surface area (Å²) in [7, 11) is 0. The van der Waals surface area contributed by atoms with Gasteiger partial charge in [-0.15, -0.1) is 0 Å². The number of nitrogens with one attached hydrogen (secondary N) is 2. The van der Waals surface area contributed by atoms with E-state index in [1.165, 1.54) is 0 Å². The molecule has 1 fully saturated rings. The van der Waals surface area contributed by atoms with Gasteiger partial charge in [0.25, 0.3) is 0 Å². The molecule has 1 amide bonds. The molecule has 0 radical (unpaired) electrons. The molecule has 2 N–H and O–H groups in total. The lowest BCUT2D eigenvalue weighted by molar-refractivity contribution is 0.0497. The molecule has 1 aliphatic rings. The van der Waals surface area contributed by atoms with Crippen molar-refractivity contribution in [2.45, 2.75) is 59.1 Å². The van der Waals surface area contributed by atoms with Crippen LogP contribution in [0.2, 0.25) is 0 Å². The largest absolute Gasteiger partial charge is 0.444 e. The predicted octanol–water partition coefficient (Wildman–Crippen LogP) is 2.29. The zero-order valence-electron chi connectivity index (χ0n) is 11.2. The molecule has 96 valence electrons. The molecular weight excluding hydrogens is 204 g/mol. The molecule has 0 aliphatic carbocycles. The number of alkyl carbamates (subject to hydrolysis) is 1. The highest BCUT2D eigenvalue weighted by Gasteiger charge is 2.20. The number of hydrogen-bond donors (Lipinski definition) is 2. The highest BCUT2D eigenvalue weighted by atomic mass is 16.6. The number of rotatable bonds is 1. The Balaban J connectivity index is 0.00000106. The molecule has 1 saturated heterocycles. The summed E-state index contributed by atoms with van der Waals surface area (Å²) in [5.74, 6) is 0. The van der Waals surface area contributed by atoms with E-state index < -0.39 is 5.60 Å². The predicted molar refractivity (Wildman–Crippen MR) is 66.6 cm³/mol. The standard InChI is InChI=1S/C10H20N2O2.C2H6/c1-10(2,3)14-9(13)12-8-5-4-6-11-7-8;1-2/h8,11H,4-7H2,1-3H3,(H,12,13);1-2H3. The van der Waals surface area contributed by atoms with Gasteiger partial charge in [-0.2, -0.15) is 0 Å². The van der Waals surface area contributed by atoms with Crippen molar-refractivity contribution < 1.29 is 9.53 Å². The number of hydrogen-bond acceptors (Lipinski definition) is 3. The summed E-state index contributed by atoms with van der Waals surface area (Å²) in [5, 5.41) is 6.08. The molecule has 4 heteroatoms. The van der Waals surface area contributed by atoms with E-state index in [9.17, 15) is 4.79 Å². The van der Waals surface area contributed by atoms with Crippen LogP contribution in [0.3, 0.4) is 0 Å². The van der Waals surface area contributed by atoms with Crippen LogP contribution in [0.5, 0.6) is 0 Å². The lowest BCUT2D eigenvalue weighted by Crippen LogP contribution is -2.47. The third kappa shape index (κ3) is 7.51. The summed E-state index contributed by atoms with van der Waals surface area (Å²) in [5.41, 5.74) is -0.411. The molecule has 0 aromatic rings. The van der Waals surface area contributed by atoms with Gasteiger partial charge in [0.2, 0.25) is 0 Å². The minimum Gasteiger partial charge on any atom is -0.444 e. The number of carbonyl (C=O) groups is 1. The van der Waals surface area contributed by atoms with Gasteiger partial charge in [-0.3, -0.25) is 0 Å². The lowest BCUT2D eigenvalue weighted by atomic mass is 10.1. The average Bonchev–Trinajstić information content (AvgIpc) is 2.19. The fourth-order valence-corrected chi connectivity index (χ4v) is 1.45. The van der Waals surface area contributed by atoms with Crippen molar-refractivity contribution >= 4 is 6.09 Å². The number of amides is 1. The van der Waals surface area contributed by atoms with Gasteiger partial charge < -0.3 is 15.4 Å². The first-order valence-corrected chi connectivity index (χ1v) is 6.17. The monoisotopic (exact) mass is 230 g/mol. The molecule has 16 heavy (non-hydrogen) atoms. The van der Waals surface area contributed by atoms with E-state index in [-0.39, 0.29) is 12.1 Å². The molecule has 0 bridgehead atoms. The van der Waals surface area contributed by atoms with Crippen LogP contribution in [-0.2, 0) is 4.74 Å². The molecule has 0 aromatic heterocycles. The van der Waals surface area contributed by atoms with Gasteiger partial charge in [-0.05, 0) is 40.2 Å². The maximum absolute atomic E-state index is 11.4. The molecule has 4 nitrogen and oxygen atoms in total. The molecule has 0 spiro atoms. The first-order chi connectivity index (χ1) is 7.47. The average molecular weight is 230 g/mol. The fraction of sp³-hybridized carbons (Fsp3) is 0.917. The molecule has 0 saturated carbocycles. The van der Waals surface area contributed by atoms with E-state index in [1.807, 2.05) is 34.6 Å². The Morgan fingerprint density at radius 3 is 2.44 bits per heavy atom. The van der Waals surface area contributed by atoms with Crippen molar-refractivity contribution in [2.75, 3.05) is 13.1 Å². The van der Waals surface area contributed by atoms with Crippen LogP contribution in [0.15, 0.2) is 0 Å². The van der Waals surface area contributed by atoms with Crippen molar-refractivity contribution in [2.24, 2.45) is 0 Å². The summed E-state index contributed by atoms with van der Waals surface area (Å²) in [6, 6.07) is 0.221. The summed E-state index contributed by atoms with van der Waals surface area (Å²) < 4.78 is 5.16. The maximum Gasteiger partial charge on any atom is 0.407 e. The lowest BCUT2D eigenvalue weighted by Gasteiger charge is -2.26. The quantitative estimate of drug-likeness (QED) is 0.726. The third-order valence-electron chi connectivity index (χ3n) is 2.02. The smallest absolute Gasteiger partial charge is 0.407 e. The Morgan fingerprint density at radius 2 is 2.00 bits per heavy atom. The Kier molecular flexibility index (Phi) is 7.13. The minimum atomic E-state index is -0.411. The number of carbonyl (C=O) groups excluding carboxylic acids is 1. The van der Waals surface area contributed by atoms with Crippen molar-refractivity contribution in [3.63, 3.8) is 0 Å². The van der Waals surface area contributed by atoms with Gasteiger partial charge in [0.15, 0.2) is 0 Å². The second-order valence-corrected chi connectivity index (χ2v) is 4.69. The Morgan fingerprint density at radius 1 is 1.38 bits per heavy atom. The second-order valence-electron chi connectivity index (χ2n) is 4.69. The first-order valence-electron chi connectivity index (χ1n) is 6.17. The van der Waals surface area contributed by atoms with Gasteiger partial charge >= 0.3 is 6.09 Å². The van der Waals surface area contributed by atoms with E-state index >= 15 is 0 Å². The van der Waals surface area contributed by atoms with Crippen molar-refractivity contribution in [1.29, 1.82) is 0 Å². The van der Waals surface area contributed by atoms with Gasteiger partial charge in [0, 0.05) is 12.6 Å². The van der Waals surface area contributed by atoms with E-state index in [1.54, 1.807) is 0 Å². The van der Waals surface area contributed by atoms with Crippen LogP contribution < -0.4 is 10.6 Å². The molecule has 1 rings (SSSR count). The Hall–Kier alpha value is -0.770. The number of piperidine rings is 1. The Labute approximate surface area is 99.1 Å². The molecule has 1 atom stereocenters. The molecule has 1 unspecified atom stereocenters. The van der Waals surface area contributed by atoms with Gasteiger partial charge in [-0.25, -0.2) is 4.79 Å². The van der Waals surface area contributed by atoms with Crippen molar-refractivity contribution in [1.82, 2.24) is 10.6 Å². The summed E-state index contributed by atoms with van der Waals surface area (Å²) in [6.07, 6.45) is 1.83. The van der Waals surface area contributed by atoms with E-state index in [2.05, 4.69) is 10.6 Å². The fourth-order valence-electron chi connectivity index (χ4n) is 1.45. The topological polar surface area (TPSA) is 50.4 Å².